The fourth-order valence-electron chi connectivity index (χ4n) is 7.92. The molecule has 5 heterocycles. The molecule has 0 amide bonds. The molecule has 3 unspecified atom stereocenters. The van der Waals surface area contributed by atoms with Crippen molar-refractivity contribution in [2.24, 2.45) is 38.1 Å². The largest absolute Gasteiger partial charge is 0.510 e. The first-order chi connectivity index (χ1) is 22.3. The summed E-state index contributed by atoms with van der Waals surface area (Å²) >= 11 is 0. The molecule has 0 aromatic carbocycles. The lowest BCUT2D eigenvalue weighted by Crippen LogP contribution is -2.35. The average molecular weight is 637 g/mol. The second kappa shape index (κ2) is 11.6. The highest BCUT2D eigenvalue weighted by Gasteiger charge is 2.57. The number of aliphatic imine (C=N–C) groups is 3. The number of aliphatic hydroxyl groups excluding tert-OH is 1. The van der Waals surface area contributed by atoms with E-state index in [0.29, 0.717) is 29.0 Å². The van der Waals surface area contributed by atoms with Gasteiger partial charge in [-0.25, -0.2) is 15.0 Å². The Morgan fingerprint density at radius 3 is 2.30 bits per heavy atom. The Balaban J connectivity index is 1.69. The minimum atomic E-state index is -1.51. The van der Waals surface area contributed by atoms with Crippen LogP contribution >= 0.6 is 0 Å². The second-order valence-corrected chi connectivity index (χ2v) is 13.5. The van der Waals surface area contributed by atoms with Crippen LogP contribution in [0.4, 0.5) is 0 Å². The summed E-state index contributed by atoms with van der Waals surface area (Å²) in [5.74, 6) is -1.05. The van der Waals surface area contributed by atoms with Crippen molar-refractivity contribution in [3.63, 3.8) is 0 Å². The predicted octanol–water partition coefficient (Wildman–Crippen LogP) is 7.06. The van der Waals surface area contributed by atoms with Gasteiger partial charge in [0.05, 0.1) is 48.4 Å². The molecule has 0 radical (unpaired) electrons. The summed E-state index contributed by atoms with van der Waals surface area (Å²) in [4.78, 5) is 41.5. The fourth-order valence-corrected chi connectivity index (χ4v) is 7.92. The molecule has 2 N–H and O–H groups in total. The van der Waals surface area contributed by atoms with Crippen molar-refractivity contribution < 1.29 is 24.2 Å². The van der Waals surface area contributed by atoms with Gasteiger partial charge < -0.3 is 19.9 Å². The van der Waals surface area contributed by atoms with Gasteiger partial charge in [-0.1, -0.05) is 27.7 Å². The smallest absolute Gasteiger partial charge is 0.323 e. The number of carbonyl (C=O) groups is 2. The Hall–Kier alpha value is -4.53. The third-order valence-electron chi connectivity index (χ3n) is 10.6. The first-order valence-electron chi connectivity index (χ1n) is 16.4. The van der Waals surface area contributed by atoms with Crippen molar-refractivity contribution >= 4 is 29.1 Å². The van der Waals surface area contributed by atoms with Crippen LogP contribution in [0.3, 0.4) is 0 Å². The Bertz CT molecular complexity index is 1880. The van der Waals surface area contributed by atoms with Crippen LogP contribution < -0.4 is 5.32 Å². The van der Waals surface area contributed by atoms with E-state index in [-0.39, 0.29) is 35.9 Å². The number of hydrogen-bond donors (Lipinski definition) is 2. The minimum absolute atomic E-state index is 0.0766. The Labute approximate surface area is 276 Å². The summed E-state index contributed by atoms with van der Waals surface area (Å²) in [6.45, 7) is 16.4. The zero-order valence-corrected chi connectivity index (χ0v) is 29.0. The van der Waals surface area contributed by atoms with Crippen molar-refractivity contribution in [3.8, 4) is 0 Å². The molecular weight excluding hydrogens is 592 g/mol. The molecule has 1 aliphatic carbocycles. The fraction of sp³-hybridized carbons (Fsp3) is 0.447. The van der Waals surface area contributed by atoms with Crippen LogP contribution in [0.1, 0.15) is 74.7 Å². The van der Waals surface area contributed by atoms with Crippen LogP contribution in [0.25, 0.3) is 0 Å². The lowest BCUT2D eigenvalue weighted by atomic mass is 9.78. The molecule has 3 atom stereocenters. The standard InChI is InChI=1S/C38H44N4O5/c1-11-22-18(4)24-16-29-31(17(2)3)20(6)26(40-29)14-25-19(5)23(12-13-30(43)46-9)34(41-25)33-35-32(36(44)38(33,8)37(45)47-10)21(7)27(42-35)15-28(22)39-24/h14-17,19,23,41,44H,11-13H2,1-10H3. The van der Waals surface area contributed by atoms with Gasteiger partial charge in [0.1, 0.15) is 5.76 Å². The molecule has 9 heteroatoms. The SMILES string of the molecule is CCC1=C(C)C2=NC1=CC1=C(C)C3=C(O)C(C)(C(=O)OC)C(=C4NC(=CC5=NC(=C2)C(C(C)C)=C5C)C(C)C4CCC(=O)OC)C3=N1. The van der Waals surface area contributed by atoms with E-state index in [1.807, 2.05) is 13.0 Å². The maximum Gasteiger partial charge on any atom is 0.323 e. The molecule has 0 spiro atoms. The minimum Gasteiger partial charge on any atom is -0.510 e. The zero-order valence-electron chi connectivity index (χ0n) is 29.0. The molecule has 8 bridgehead atoms. The lowest BCUT2D eigenvalue weighted by Gasteiger charge is -2.27. The highest BCUT2D eigenvalue weighted by atomic mass is 16.5. The molecule has 0 aromatic heterocycles. The number of ether oxygens (including phenoxy) is 2. The highest BCUT2D eigenvalue weighted by Crippen LogP contribution is 2.54. The summed E-state index contributed by atoms with van der Waals surface area (Å²) < 4.78 is 10.3. The van der Waals surface area contributed by atoms with Gasteiger partial charge in [-0.2, -0.15) is 0 Å². The molecular formula is C38H44N4O5. The molecule has 47 heavy (non-hydrogen) atoms. The third kappa shape index (κ3) is 4.76. The zero-order chi connectivity index (χ0) is 34.1. The van der Waals surface area contributed by atoms with Crippen LogP contribution in [-0.4, -0.2) is 48.4 Å². The number of fused-ring (bicyclic) bond motifs is 5. The number of carbonyl (C=O) groups excluding carboxylic acids is 2. The molecule has 5 aliphatic heterocycles. The first-order valence-corrected chi connectivity index (χ1v) is 16.4. The summed E-state index contributed by atoms with van der Waals surface area (Å²) in [6.07, 6.45) is 7.61. The van der Waals surface area contributed by atoms with Crippen molar-refractivity contribution in [2.45, 2.75) is 74.7 Å². The van der Waals surface area contributed by atoms with Gasteiger partial charge in [0.15, 0.2) is 5.41 Å². The van der Waals surface area contributed by atoms with E-state index in [1.165, 1.54) is 19.8 Å². The summed E-state index contributed by atoms with van der Waals surface area (Å²) in [5, 5.41) is 15.6. The van der Waals surface area contributed by atoms with Crippen LogP contribution in [0.15, 0.2) is 106 Å². The van der Waals surface area contributed by atoms with Gasteiger partial charge in [0, 0.05) is 40.8 Å². The molecule has 6 rings (SSSR count). The quantitative estimate of drug-likeness (QED) is 0.301. The summed E-state index contributed by atoms with van der Waals surface area (Å²) in [7, 11) is 2.71. The normalized spacial score (nSPS) is 26.5. The number of hydrogen-bond acceptors (Lipinski definition) is 9. The molecule has 0 aromatic rings. The van der Waals surface area contributed by atoms with Gasteiger partial charge in [-0.15, -0.1) is 0 Å². The number of aliphatic hydroxyl groups is 1. The Morgan fingerprint density at radius 2 is 1.66 bits per heavy atom. The molecule has 1 saturated heterocycles. The summed E-state index contributed by atoms with van der Waals surface area (Å²) in [6, 6.07) is 0. The topological polar surface area (TPSA) is 122 Å². The van der Waals surface area contributed by atoms with E-state index >= 15 is 0 Å². The number of methoxy groups -OCH3 is 2. The van der Waals surface area contributed by atoms with Crippen molar-refractivity contribution in [1.82, 2.24) is 5.32 Å². The Morgan fingerprint density at radius 1 is 0.979 bits per heavy atom. The monoisotopic (exact) mass is 636 g/mol. The maximum atomic E-state index is 13.7. The first kappa shape index (κ1) is 32.4. The van der Waals surface area contributed by atoms with E-state index in [1.54, 1.807) is 6.92 Å². The van der Waals surface area contributed by atoms with Gasteiger partial charge in [-0.05, 0) is 92.5 Å². The van der Waals surface area contributed by atoms with Crippen molar-refractivity contribution in [1.29, 1.82) is 0 Å². The number of esters is 2. The van der Waals surface area contributed by atoms with Crippen LogP contribution in [-0.2, 0) is 19.1 Å². The van der Waals surface area contributed by atoms with Gasteiger partial charge in [0.25, 0.3) is 0 Å². The van der Waals surface area contributed by atoms with Crippen molar-refractivity contribution in [2.75, 3.05) is 14.2 Å². The molecule has 6 aliphatic rings. The predicted molar refractivity (Wildman–Crippen MR) is 184 cm³/mol. The molecule has 246 valence electrons. The second-order valence-electron chi connectivity index (χ2n) is 13.5. The third-order valence-corrected chi connectivity index (χ3v) is 10.6. The number of allylic oxidation sites excluding steroid dienone is 11. The molecule has 1 fully saturated rings. The van der Waals surface area contributed by atoms with Crippen LogP contribution in [0.5, 0.6) is 0 Å². The van der Waals surface area contributed by atoms with Gasteiger partial charge in [-0.3, -0.25) is 9.59 Å². The van der Waals surface area contributed by atoms with E-state index in [4.69, 9.17) is 24.5 Å². The van der Waals surface area contributed by atoms with Crippen LogP contribution in [0, 0.1) is 23.2 Å². The van der Waals surface area contributed by atoms with Crippen LogP contribution in [0.2, 0.25) is 0 Å². The average Bonchev–Trinajstić information content (AvgIpc) is 3.76. The van der Waals surface area contributed by atoms with Crippen molar-refractivity contribution in [3.05, 3.63) is 91.5 Å². The van der Waals surface area contributed by atoms with E-state index in [0.717, 1.165) is 62.9 Å². The van der Waals surface area contributed by atoms with Gasteiger partial charge >= 0.3 is 11.9 Å². The summed E-state index contributed by atoms with van der Waals surface area (Å²) in [5.41, 5.74) is 11.2. The lowest BCUT2D eigenvalue weighted by molar-refractivity contribution is -0.148. The van der Waals surface area contributed by atoms with E-state index < -0.39 is 11.4 Å². The van der Waals surface area contributed by atoms with E-state index in [2.05, 4.69) is 59.0 Å². The Kier molecular flexibility index (Phi) is 8.01. The number of nitrogens with one attached hydrogen (secondary N) is 1. The number of nitrogens with zero attached hydrogens (tertiary/aromatic N) is 3. The van der Waals surface area contributed by atoms with Gasteiger partial charge in [0.2, 0.25) is 0 Å². The molecule has 0 saturated carbocycles. The maximum absolute atomic E-state index is 13.7. The van der Waals surface area contributed by atoms with E-state index in [9.17, 15) is 14.7 Å². The molecule has 9 nitrogen and oxygen atoms in total. The number of rotatable bonds is 6. The highest BCUT2D eigenvalue weighted by molar-refractivity contribution is 6.25.